The van der Waals surface area contributed by atoms with Crippen LogP contribution in [0.4, 0.5) is 4.39 Å². The number of halogens is 2. The van der Waals surface area contributed by atoms with Gasteiger partial charge in [-0.05, 0) is 72.5 Å². The maximum absolute atomic E-state index is 13.4. The van der Waals surface area contributed by atoms with Gasteiger partial charge in [-0.2, -0.15) is 0 Å². The molecule has 2 heterocycles. The molecule has 1 unspecified atom stereocenters. The van der Waals surface area contributed by atoms with Gasteiger partial charge in [-0.3, -0.25) is 4.79 Å². The molecule has 22 heavy (non-hydrogen) atoms. The van der Waals surface area contributed by atoms with Crippen molar-refractivity contribution in [3.63, 3.8) is 0 Å². The molecule has 1 aromatic rings. The highest BCUT2D eigenvalue weighted by Gasteiger charge is 2.32. The van der Waals surface area contributed by atoms with Crippen molar-refractivity contribution < 1.29 is 9.18 Å². The van der Waals surface area contributed by atoms with Crippen LogP contribution < -0.4 is 0 Å². The van der Waals surface area contributed by atoms with Gasteiger partial charge >= 0.3 is 0 Å². The van der Waals surface area contributed by atoms with Crippen LogP contribution in [0.1, 0.15) is 30.2 Å². The number of hydrogen-bond donors (Lipinski definition) is 0. The van der Waals surface area contributed by atoms with E-state index >= 15 is 0 Å². The van der Waals surface area contributed by atoms with Crippen molar-refractivity contribution in [3.05, 3.63) is 34.1 Å². The van der Waals surface area contributed by atoms with E-state index < -0.39 is 0 Å². The number of thioether (sulfide) groups is 1. The minimum absolute atomic E-state index is 0.0166. The van der Waals surface area contributed by atoms with Gasteiger partial charge in [-0.25, -0.2) is 4.39 Å². The minimum Gasteiger partial charge on any atom is -0.326 e. The van der Waals surface area contributed by atoms with Crippen molar-refractivity contribution in [3.8, 4) is 0 Å². The third-order valence-corrected chi connectivity index (χ3v) is 6.13. The molecule has 2 aliphatic rings. The Bertz CT molecular complexity index is 551. The van der Waals surface area contributed by atoms with E-state index in [0.29, 0.717) is 10.2 Å². The predicted octanol–water partition coefficient (Wildman–Crippen LogP) is 3.65. The van der Waals surface area contributed by atoms with Gasteiger partial charge in [0.15, 0.2) is 0 Å². The summed E-state index contributed by atoms with van der Waals surface area (Å²) in [7, 11) is 0. The Balaban J connectivity index is 1.62. The first-order valence-electron chi connectivity index (χ1n) is 7.73. The van der Waals surface area contributed by atoms with Crippen LogP contribution in [-0.2, 0) is 4.79 Å². The normalized spacial score (nSPS) is 22.7. The average Bonchev–Trinajstić information content (AvgIpc) is 3.13. The summed E-state index contributed by atoms with van der Waals surface area (Å²) >= 11 is 4.86. The molecule has 0 saturated carbocycles. The van der Waals surface area contributed by atoms with Crippen molar-refractivity contribution in [1.82, 2.24) is 9.80 Å². The number of rotatable bonds is 5. The summed E-state index contributed by atoms with van der Waals surface area (Å²) in [4.78, 5) is 16.6. The van der Waals surface area contributed by atoms with Crippen molar-refractivity contribution in [2.45, 2.75) is 24.6 Å². The highest BCUT2D eigenvalue weighted by molar-refractivity contribution is 9.10. The van der Waals surface area contributed by atoms with Gasteiger partial charge in [0.2, 0.25) is 5.91 Å². The molecule has 2 fully saturated rings. The van der Waals surface area contributed by atoms with Gasteiger partial charge in [0.05, 0.1) is 10.2 Å². The molecule has 3 rings (SSSR count). The van der Waals surface area contributed by atoms with Gasteiger partial charge in [0.1, 0.15) is 11.2 Å². The highest BCUT2D eigenvalue weighted by Crippen LogP contribution is 2.39. The smallest absolute Gasteiger partial charge is 0.233 e. The summed E-state index contributed by atoms with van der Waals surface area (Å²) in [5, 5.41) is 0.0166. The molecular formula is C16H20BrFN2OS. The van der Waals surface area contributed by atoms with Crippen molar-refractivity contribution in [1.29, 1.82) is 0 Å². The lowest BCUT2D eigenvalue weighted by Gasteiger charge is -2.25. The number of amides is 1. The summed E-state index contributed by atoms with van der Waals surface area (Å²) in [5.74, 6) is 0.444. The van der Waals surface area contributed by atoms with Crippen LogP contribution in [0.5, 0.6) is 0 Å². The van der Waals surface area contributed by atoms with Crippen LogP contribution in [0.25, 0.3) is 0 Å². The number of carbonyl (C=O) groups is 1. The molecule has 0 aliphatic carbocycles. The van der Waals surface area contributed by atoms with Gasteiger partial charge in [-0.1, -0.05) is 6.07 Å². The highest BCUT2D eigenvalue weighted by atomic mass is 79.9. The van der Waals surface area contributed by atoms with E-state index in [1.165, 1.54) is 32.0 Å². The lowest BCUT2D eigenvalue weighted by Crippen LogP contribution is -2.32. The fraction of sp³-hybridized carbons (Fsp3) is 0.562. The zero-order valence-corrected chi connectivity index (χ0v) is 14.8. The molecule has 0 aromatic heterocycles. The maximum Gasteiger partial charge on any atom is 0.233 e. The first kappa shape index (κ1) is 16.3. The molecule has 0 N–H and O–H groups in total. The monoisotopic (exact) mass is 386 g/mol. The largest absolute Gasteiger partial charge is 0.326 e. The first-order valence-corrected chi connectivity index (χ1v) is 9.58. The van der Waals surface area contributed by atoms with Crippen LogP contribution in [0.2, 0.25) is 0 Å². The molecule has 6 heteroatoms. The fourth-order valence-electron chi connectivity index (χ4n) is 3.11. The van der Waals surface area contributed by atoms with Gasteiger partial charge in [0, 0.05) is 6.54 Å². The fourth-order valence-corrected chi connectivity index (χ4v) is 4.71. The molecule has 1 atom stereocenters. The molecule has 2 saturated heterocycles. The topological polar surface area (TPSA) is 23.6 Å². The second-order valence-electron chi connectivity index (χ2n) is 5.83. The van der Waals surface area contributed by atoms with Crippen LogP contribution in [-0.4, -0.2) is 47.6 Å². The number of hydrogen-bond acceptors (Lipinski definition) is 3. The van der Waals surface area contributed by atoms with E-state index in [9.17, 15) is 9.18 Å². The zero-order valence-electron chi connectivity index (χ0n) is 12.4. The Labute approximate surface area is 143 Å². The third-order valence-electron chi connectivity index (χ3n) is 4.27. The van der Waals surface area contributed by atoms with Crippen LogP contribution in [0.15, 0.2) is 22.7 Å². The Hall–Kier alpha value is -0.590. The molecular weight excluding hydrogens is 367 g/mol. The van der Waals surface area contributed by atoms with Crippen LogP contribution in [0.3, 0.4) is 0 Å². The average molecular weight is 387 g/mol. The van der Waals surface area contributed by atoms with E-state index in [0.717, 1.165) is 25.1 Å². The van der Waals surface area contributed by atoms with Gasteiger partial charge in [0.25, 0.3) is 0 Å². The van der Waals surface area contributed by atoms with E-state index in [1.54, 1.807) is 23.9 Å². The Kier molecular flexibility index (Phi) is 5.42. The second kappa shape index (κ2) is 7.32. The van der Waals surface area contributed by atoms with E-state index in [4.69, 9.17) is 0 Å². The molecule has 3 nitrogen and oxygen atoms in total. The summed E-state index contributed by atoms with van der Waals surface area (Å²) in [6.07, 6.45) is 3.60. The number of benzene rings is 1. The Morgan fingerprint density at radius 3 is 2.77 bits per heavy atom. The summed E-state index contributed by atoms with van der Waals surface area (Å²) in [5.41, 5.74) is 0.991. The van der Waals surface area contributed by atoms with Crippen LogP contribution in [0, 0.1) is 5.82 Å². The number of nitrogens with zero attached hydrogens (tertiary/aromatic N) is 2. The Morgan fingerprint density at radius 1 is 1.27 bits per heavy atom. The van der Waals surface area contributed by atoms with Crippen LogP contribution >= 0.6 is 27.7 Å². The number of likely N-dealkylation sites (tertiary alicyclic amines) is 1. The zero-order chi connectivity index (χ0) is 15.5. The van der Waals surface area contributed by atoms with E-state index in [1.807, 2.05) is 4.90 Å². The molecule has 0 radical (unpaired) electrons. The number of carbonyl (C=O) groups excluding carboxylic acids is 1. The summed E-state index contributed by atoms with van der Waals surface area (Å²) in [6.45, 7) is 4.23. The van der Waals surface area contributed by atoms with Gasteiger partial charge < -0.3 is 9.80 Å². The molecule has 120 valence electrons. The molecule has 1 aromatic carbocycles. The van der Waals surface area contributed by atoms with E-state index in [-0.39, 0.29) is 17.1 Å². The second-order valence-corrected chi connectivity index (χ2v) is 7.75. The van der Waals surface area contributed by atoms with Gasteiger partial charge in [-0.15, -0.1) is 11.8 Å². The van der Waals surface area contributed by atoms with Crippen molar-refractivity contribution in [2.24, 2.45) is 0 Å². The summed E-state index contributed by atoms with van der Waals surface area (Å²) in [6, 6.07) is 5.04. The lowest BCUT2D eigenvalue weighted by atomic mass is 10.2. The SMILES string of the molecule is O=C1CSC(c2ccc(F)c(Br)c2)N1CCCN1CCCC1. The molecule has 2 aliphatic heterocycles. The summed E-state index contributed by atoms with van der Waals surface area (Å²) < 4.78 is 13.9. The minimum atomic E-state index is -0.265. The lowest BCUT2D eigenvalue weighted by molar-refractivity contribution is -0.128. The predicted molar refractivity (Wildman–Crippen MR) is 91.3 cm³/mol. The molecule has 1 amide bonds. The van der Waals surface area contributed by atoms with Crippen molar-refractivity contribution >= 4 is 33.6 Å². The standard InChI is InChI=1S/C16H20BrFN2OS/c17-13-10-12(4-5-14(13)18)16-20(15(21)11-22-16)9-3-8-19-6-1-2-7-19/h4-5,10,16H,1-3,6-9,11H2. The quantitative estimate of drug-likeness (QED) is 0.771. The Morgan fingerprint density at radius 2 is 2.05 bits per heavy atom. The molecule has 0 bridgehead atoms. The maximum atomic E-state index is 13.4. The first-order chi connectivity index (χ1) is 10.6. The molecule has 0 spiro atoms. The van der Waals surface area contributed by atoms with E-state index in [2.05, 4.69) is 20.8 Å². The third kappa shape index (κ3) is 3.66. The van der Waals surface area contributed by atoms with Crippen molar-refractivity contribution in [2.75, 3.05) is 31.9 Å².